The van der Waals surface area contributed by atoms with Crippen LogP contribution in [0.25, 0.3) is 5.69 Å². The molecule has 1 aromatic heterocycles. The quantitative estimate of drug-likeness (QED) is 0.874. The highest BCUT2D eigenvalue weighted by Crippen LogP contribution is 2.29. The first-order chi connectivity index (χ1) is 11.0. The number of hydrogen-bond acceptors (Lipinski definition) is 4. The summed E-state index contributed by atoms with van der Waals surface area (Å²) in [5.74, 6) is 0.827. The Kier molecular flexibility index (Phi) is 4.35. The number of nitrogens with one attached hydrogen (secondary N) is 1. The van der Waals surface area contributed by atoms with E-state index in [1.165, 1.54) is 17.4 Å². The predicted molar refractivity (Wildman–Crippen MR) is 92.1 cm³/mol. The van der Waals surface area contributed by atoms with Gasteiger partial charge in [0.2, 0.25) is 4.77 Å². The van der Waals surface area contributed by atoms with Gasteiger partial charge in [0.05, 0.1) is 11.8 Å². The maximum atomic E-state index is 12.5. The van der Waals surface area contributed by atoms with Crippen LogP contribution in [0.1, 0.15) is 42.5 Å². The number of aryl methyl sites for hydroxylation is 3. The second-order valence-corrected chi connectivity index (χ2v) is 6.57. The third kappa shape index (κ3) is 3.08. The normalized spacial score (nSPS) is 15.1. The summed E-state index contributed by atoms with van der Waals surface area (Å²) < 4.78 is 7.94. The van der Waals surface area contributed by atoms with Crippen molar-refractivity contribution in [2.75, 3.05) is 0 Å². The van der Waals surface area contributed by atoms with Gasteiger partial charge in [-0.05, 0) is 69.8 Å². The van der Waals surface area contributed by atoms with Gasteiger partial charge in [-0.15, -0.1) is 0 Å². The zero-order valence-electron chi connectivity index (χ0n) is 13.7. The lowest BCUT2D eigenvalue weighted by Crippen LogP contribution is -2.25. The van der Waals surface area contributed by atoms with Gasteiger partial charge in [0.1, 0.15) is 11.4 Å². The number of hydrogen-bond donors (Lipinski definition) is 1. The lowest BCUT2D eigenvalue weighted by Gasteiger charge is -2.18. The molecule has 6 heteroatoms. The van der Waals surface area contributed by atoms with Gasteiger partial charge < -0.3 is 4.74 Å². The van der Waals surface area contributed by atoms with Gasteiger partial charge in [-0.25, -0.2) is 0 Å². The van der Waals surface area contributed by atoms with Crippen molar-refractivity contribution in [2.45, 2.75) is 52.6 Å². The molecule has 0 atom stereocenters. The molecule has 1 saturated carbocycles. The standard InChI is InChI=1S/C17H21N3O2S/c1-10-8-11(2)15(22-13-6-4-5-7-13)9-14(10)20-16(21)12(3)18-19-17(20)23/h8-9,13H,4-7H2,1-3H3,(H,19,23). The first-order valence-electron chi connectivity index (χ1n) is 7.94. The SMILES string of the molecule is Cc1cc(C)c(-n2c(=S)[nH]nc(C)c2=O)cc1OC1CCCC1. The molecular formula is C17H21N3O2S. The predicted octanol–water partition coefficient (Wildman–Crippen LogP) is 3.54. The number of aromatic nitrogens is 3. The molecule has 2 aromatic rings. The smallest absolute Gasteiger partial charge is 0.280 e. The van der Waals surface area contributed by atoms with Crippen molar-refractivity contribution in [1.82, 2.24) is 14.8 Å². The van der Waals surface area contributed by atoms with E-state index < -0.39 is 0 Å². The molecule has 0 radical (unpaired) electrons. The minimum atomic E-state index is -0.201. The summed E-state index contributed by atoms with van der Waals surface area (Å²) in [5, 5.41) is 6.65. The van der Waals surface area contributed by atoms with Crippen LogP contribution in [0.2, 0.25) is 0 Å². The first-order valence-corrected chi connectivity index (χ1v) is 8.35. The van der Waals surface area contributed by atoms with Gasteiger partial charge in [-0.3, -0.25) is 14.5 Å². The zero-order chi connectivity index (χ0) is 16.6. The van der Waals surface area contributed by atoms with Crippen molar-refractivity contribution >= 4 is 12.2 Å². The molecule has 1 aliphatic rings. The van der Waals surface area contributed by atoms with E-state index in [4.69, 9.17) is 17.0 Å². The van der Waals surface area contributed by atoms with Gasteiger partial charge >= 0.3 is 0 Å². The van der Waals surface area contributed by atoms with Gasteiger partial charge in [-0.2, -0.15) is 5.10 Å². The molecule has 0 aliphatic heterocycles. The maximum Gasteiger partial charge on any atom is 0.280 e. The zero-order valence-corrected chi connectivity index (χ0v) is 14.5. The molecule has 0 amide bonds. The summed E-state index contributed by atoms with van der Waals surface area (Å²) >= 11 is 5.26. The minimum absolute atomic E-state index is 0.201. The fourth-order valence-corrected chi connectivity index (χ4v) is 3.30. The molecule has 3 rings (SSSR count). The largest absolute Gasteiger partial charge is 0.490 e. The molecule has 1 heterocycles. The maximum absolute atomic E-state index is 12.5. The van der Waals surface area contributed by atoms with E-state index in [0.29, 0.717) is 10.5 Å². The molecular weight excluding hydrogens is 310 g/mol. The summed E-state index contributed by atoms with van der Waals surface area (Å²) in [6.45, 7) is 5.67. The highest BCUT2D eigenvalue weighted by Gasteiger charge is 2.19. The number of nitrogens with zero attached hydrogens (tertiary/aromatic N) is 2. The highest BCUT2D eigenvalue weighted by molar-refractivity contribution is 7.71. The number of rotatable bonds is 3. The third-order valence-electron chi connectivity index (χ3n) is 4.37. The Balaban J connectivity index is 2.11. The van der Waals surface area contributed by atoms with Crippen molar-refractivity contribution in [3.63, 3.8) is 0 Å². The van der Waals surface area contributed by atoms with Crippen LogP contribution in [-0.2, 0) is 0 Å². The van der Waals surface area contributed by atoms with E-state index in [0.717, 1.165) is 35.4 Å². The van der Waals surface area contributed by atoms with Crippen LogP contribution in [0.15, 0.2) is 16.9 Å². The second-order valence-electron chi connectivity index (χ2n) is 6.18. The van der Waals surface area contributed by atoms with Crippen LogP contribution in [0.3, 0.4) is 0 Å². The van der Waals surface area contributed by atoms with Crippen LogP contribution < -0.4 is 10.3 Å². The average Bonchev–Trinajstić information content (AvgIpc) is 3.01. The molecule has 1 aliphatic carbocycles. The van der Waals surface area contributed by atoms with E-state index in [1.54, 1.807) is 6.92 Å². The monoisotopic (exact) mass is 331 g/mol. The number of ether oxygens (including phenoxy) is 1. The van der Waals surface area contributed by atoms with Crippen LogP contribution in [0, 0.1) is 25.5 Å². The number of benzene rings is 1. The lowest BCUT2D eigenvalue weighted by atomic mass is 10.1. The molecule has 5 nitrogen and oxygen atoms in total. The van der Waals surface area contributed by atoms with Gasteiger partial charge in [0, 0.05) is 6.07 Å². The average molecular weight is 331 g/mol. The van der Waals surface area contributed by atoms with E-state index >= 15 is 0 Å². The minimum Gasteiger partial charge on any atom is -0.490 e. The van der Waals surface area contributed by atoms with Gasteiger partial charge in [-0.1, -0.05) is 6.07 Å². The van der Waals surface area contributed by atoms with Gasteiger partial charge in [0.15, 0.2) is 0 Å². The first kappa shape index (κ1) is 15.9. The Morgan fingerprint density at radius 1 is 1.22 bits per heavy atom. The number of H-pyrrole nitrogens is 1. The van der Waals surface area contributed by atoms with E-state index in [1.807, 2.05) is 26.0 Å². The third-order valence-corrected chi connectivity index (χ3v) is 4.64. The van der Waals surface area contributed by atoms with E-state index in [9.17, 15) is 4.79 Å². The fraction of sp³-hybridized carbons (Fsp3) is 0.471. The Morgan fingerprint density at radius 3 is 2.61 bits per heavy atom. The van der Waals surface area contributed by atoms with Crippen molar-refractivity contribution in [3.8, 4) is 11.4 Å². The molecule has 1 N–H and O–H groups in total. The summed E-state index contributed by atoms with van der Waals surface area (Å²) in [7, 11) is 0. The highest BCUT2D eigenvalue weighted by atomic mass is 32.1. The van der Waals surface area contributed by atoms with Crippen LogP contribution in [-0.4, -0.2) is 20.9 Å². The summed E-state index contributed by atoms with van der Waals surface area (Å²) in [4.78, 5) is 12.5. The lowest BCUT2D eigenvalue weighted by molar-refractivity contribution is 0.208. The molecule has 0 bridgehead atoms. The van der Waals surface area contributed by atoms with Crippen molar-refractivity contribution < 1.29 is 4.74 Å². The van der Waals surface area contributed by atoms with Crippen LogP contribution in [0.5, 0.6) is 5.75 Å². The number of aromatic amines is 1. The molecule has 122 valence electrons. The van der Waals surface area contributed by atoms with E-state index in [2.05, 4.69) is 10.2 Å². The molecule has 0 spiro atoms. The molecule has 0 saturated heterocycles. The van der Waals surface area contributed by atoms with Crippen LogP contribution in [0.4, 0.5) is 0 Å². The van der Waals surface area contributed by atoms with Crippen LogP contribution >= 0.6 is 12.2 Å². The van der Waals surface area contributed by atoms with Crippen molar-refractivity contribution in [2.24, 2.45) is 0 Å². The van der Waals surface area contributed by atoms with Crippen molar-refractivity contribution in [3.05, 3.63) is 44.1 Å². The summed E-state index contributed by atoms with van der Waals surface area (Å²) in [6, 6.07) is 3.96. The Morgan fingerprint density at radius 2 is 1.91 bits per heavy atom. The Hall–Kier alpha value is -1.95. The molecule has 1 aromatic carbocycles. The molecule has 0 unspecified atom stereocenters. The summed E-state index contributed by atoms with van der Waals surface area (Å²) in [6.07, 6.45) is 4.90. The van der Waals surface area contributed by atoms with E-state index in [-0.39, 0.29) is 11.7 Å². The summed E-state index contributed by atoms with van der Waals surface area (Å²) in [5.41, 5.74) is 2.99. The second kappa shape index (κ2) is 6.28. The Bertz CT molecular complexity index is 848. The molecule has 23 heavy (non-hydrogen) atoms. The topological polar surface area (TPSA) is 59.9 Å². The van der Waals surface area contributed by atoms with Crippen molar-refractivity contribution in [1.29, 1.82) is 0 Å². The van der Waals surface area contributed by atoms with Gasteiger partial charge in [0.25, 0.3) is 5.56 Å². The fourth-order valence-electron chi connectivity index (χ4n) is 3.08. The molecule has 1 fully saturated rings. The Labute approximate surface area is 140 Å².